The van der Waals surface area contributed by atoms with Crippen LogP contribution in [-0.4, -0.2) is 55.4 Å². The summed E-state index contributed by atoms with van der Waals surface area (Å²) >= 11 is 0. The van der Waals surface area contributed by atoms with Gasteiger partial charge in [0, 0.05) is 51.3 Å². The van der Waals surface area contributed by atoms with E-state index in [1.807, 2.05) is 47.4 Å². The van der Waals surface area contributed by atoms with Gasteiger partial charge >= 0.3 is 0 Å². The summed E-state index contributed by atoms with van der Waals surface area (Å²) in [4.78, 5) is 28.7. The molecule has 0 aliphatic carbocycles. The quantitative estimate of drug-likeness (QED) is 0.605. The smallest absolute Gasteiger partial charge is 0.251 e. The van der Waals surface area contributed by atoms with Crippen molar-refractivity contribution in [3.63, 3.8) is 0 Å². The highest BCUT2D eigenvalue weighted by Gasteiger charge is 2.30. The minimum atomic E-state index is -0.114. The Labute approximate surface area is 201 Å². The maximum Gasteiger partial charge on any atom is 0.251 e. The lowest BCUT2D eigenvalue weighted by Crippen LogP contribution is -2.49. The Morgan fingerprint density at radius 1 is 1.00 bits per heavy atom. The van der Waals surface area contributed by atoms with Gasteiger partial charge in [0.05, 0.1) is 13.2 Å². The summed E-state index contributed by atoms with van der Waals surface area (Å²) < 4.78 is 5.56. The molecule has 6 heteroatoms. The summed E-state index contributed by atoms with van der Waals surface area (Å²) in [5.41, 5.74) is 5.01. The first-order valence-corrected chi connectivity index (χ1v) is 11.5. The Morgan fingerprint density at radius 2 is 1.79 bits per heavy atom. The molecule has 3 aromatic rings. The number of hydrogen-bond acceptors (Lipinski definition) is 4. The van der Waals surface area contributed by atoms with Gasteiger partial charge in [-0.25, -0.2) is 0 Å². The van der Waals surface area contributed by atoms with Crippen LogP contribution in [0.4, 0.5) is 0 Å². The molecule has 0 aromatic heterocycles. The van der Waals surface area contributed by atoms with Crippen LogP contribution in [0.3, 0.4) is 0 Å². The molecule has 1 aliphatic heterocycles. The Morgan fingerprint density at radius 3 is 2.56 bits per heavy atom. The first-order valence-electron chi connectivity index (χ1n) is 11.5. The molecule has 1 aliphatic rings. The van der Waals surface area contributed by atoms with E-state index < -0.39 is 0 Å². The van der Waals surface area contributed by atoms with Crippen LogP contribution in [0.5, 0.6) is 5.75 Å². The van der Waals surface area contributed by atoms with Gasteiger partial charge in [-0.2, -0.15) is 0 Å². The van der Waals surface area contributed by atoms with E-state index in [-0.39, 0.29) is 17.9 Å². The molecular formula is C28H31N3O3. The molecule has 3 aromatic carbocycles. The molecular weight excluding hydrogens is 426 g/mol. The van der Waals surface area contributed by atoms with Gasteiger partial charge in [0.2, 0.25) is 5.91 Å². The Bertz CT molecular complexity index is 1180. The number of nitrogens with one attached hydrogen (secondary N) is 1. The second kappa shape index (κ2) is 10.5. The number of methoxy groups -OCH3 is 1. The Hall–Kier alpha value is -3.64. The van der Waals surface area contributed by atoms with Crippen molar-refractivity contribution in [3.8, 4) is 16.9 Å². The molecule has 176 valence electrons. The van der Waals surface area contributed by atoms with E-state index in [0.717, 1.165) is 35.5 Å². The van der Waals surface area contributed by atoms with Crippen LogP contribution in [0.25, 0.3) is 11.1 Å². The third-order valence-corrected chi connectivity index (χ3v) is 6.43. The average Bonchev–Trinajstić information content (AvgIpc) is 2.88. The minimum Gasteiger partial charge on any atom is -0.496 e. The minimum absolute atomic E-state index is 0.00262. The molecule has 1 atom stereocenters. The molecule has 34 heavy (non-hydrogen) atoms. The number of benzene rings is 3. The highest BCUT2D eigenvalue weighted by Crippen LogP contribution is 2.32. The van der Waals surface area contributed by atoms with E-state index in [1.165, 1.54) is 5.56 Å². The van der Waals surface area contributed by atoms with Crippen molar-refractivity contribution in [2.45, 2.75) is 19.5 Å². The third-order valence-electron chi connectivity index (χ3n) is 6.43. The van der Waals surface area contributed by atoms with E-state index in [2.05, 4.69) is 40.5 Å². The number of para-hydroxylation sites is 1. The molecule has 1 fully saturated rings. The molecule has 4 rings (SSSR count). The summed E-state index contributed by atoms with van der Waals surface area (Å²) in [7, 11) is 3.32. The molecule has 1 N–H and O–H groups in total. The van der Waals surface area contributed by atoms with Gasteiger partial charge in [-0.15, -0.1) is 0 Å². The van der Waals surface area contributed by atoms with Gasteiger partial charge in [-0.1, -0.05) is 48.5 Å². The Kier molecular flexibility index (Phi) is 7.28. The van der Waals surface area contributed by atoms with Crippen LogP contribution in [-0.2, 0) is 11.3 Å². The highest BCUT2D eigenvalue weighted by molar-refractivity contribution is 5.94. The number of ether oxygens (including phenoxy) is 1. The van der Waals surface area contributed by atoms with Crippen LogP contribution >= 0.6 is 0 Å². The zero-order chi connectivity index (χ0) is 24.1. The predicted molar refractivity (Wildman–Crippen MR) is 134 cm³/mol. The summed E-state index contributed by atoms with van der Waals surface area (Å²) in [6.45, 7) is 4.40. The summed E-state index contributed by atoms with van der Waals surface area (Å²) in [6.07, 6.45) is 0. The van der Waals surface area contributed by atoms with Gasteiger partial charge in [0.1, 0.15) is 5.75 Å². The van der Waals surface area contributed by atoms with Crippen LogP contribution in [0.2, 0.25) is 0 Å². The zero-order valence-electron chi connectivity index (χ0n) is 20.0. The number of nitrogens with zero attached hydrogens (tertiary/aromatic N) is 2. The fourth-order valence-electron chi connectivity index (χ4n) is 4.60. The standard InChI is InChI=1S/C28H31N3O3/c1-20(32)30-14-15-31(26(19-30)23-10-7-11-24(17-23)28(33)29-2)18-21-8-6-9-22(16-21)25-12-4-5-13-27(25)34-3/h4-13,16-17,26H,14-15,18-19H2,1-3H3,(H,29,33). The van der Waals surface area contributed by atoms with Gasteiger partial charge in [-0.3, -0.25) is 14.5 Å². The zero-order valence-corrected chi connectivity index (χ0v) is 20.0. The second-order valence-electron chi connectivity index (χ2n) is 8.56. The average molecular weight is 458 g/mol. The topological polar surface area (TPSA) is 61.9 Å². The maximum atomic E-state index is 12.2. The monoisotopic (exact) mass is 457 g/mol. The fraction of sp³-hybridized carbons (Fsp3) is 0.286. The van der Waals surface area contributed by atoms with Crippen molar-refractivity contribution in [2.75, 3.05) is 33.8 Å². The lowest BCUT2D eigenvalue weighted by molar-refractivity contribution is -0.132. The Balaban J connectivity index is 1.63. The van der Waals surface area contributed by atoms with Gasteiger partial charge in [0.15, 0.2) is 0 Å². The van der Waals surface area contributed by atoms with E-state index >= 15 is 0 Å². The first kappa shape index (κ1) is 23.5. The normalized spacial score (nSPS) is 16.2. The summed E-state index contributed by atoms with van der Waals surface area (Å²) in [6, 6.07) is 24.2. The number of hydrogen-bond donors (Lipinski definition) is 1. The van der Waals surface area contributed by atoms with Crippen LogP contribution in [0.15, 0.2) is 72.8 Å². The number of carbonyl (C=O) groups excluding carboxylic acids is 2. The van der Waals surface area contributed by atoms with E-state index in [0.29, 0.717) is 18.7 Å². The van der Waals surface area contributed by atoms with Crippen molar-refractivity contribution in [1.82, 2.24) is 15.1 Å². The molecule has 1 unspecified atom stereocenters. The van der Waals surface area contributed by atoms with Crippen LogP contribution in [0, 0.1) is 0 Å². The van der Waals surface area contributed by atoms with Gasteiger partial charge in [0.25, 0.3) is 5.91 Å². The third kappa shape index (κ3) is 5.13. The lowest BCUT2D eigenvalue weighted by atomic mass is 9.98. The molecule has 0 spiro atoms. The maximum absolute atomic E-state index is 12.2. The second-order valence-corrected chi connectivity index (χ2v) is 8.56. The molecule has 6 nitrogen and oxygen atoms in total. The number of piperazine rings is 1. The fourth-order valence-corrected chi connectivity index (χ4v) is 4.60. The van der Waals surface area contributed by atoms with Crippen molar-refractivity contribution in [1.29, 1.82) is 0 Å². The first-order chi connectivity index (χ1) is 16.5. The van der Waals surface area contributed by atoms with E-state index in [1.54, 1.807) is 21.1 Å². The summed E-state index contributed by atoms with van der Waals surface area (Å²) in [5, 5.41) is 2.69. The van der Waals surface area contributed by atoms with Crippen molar-refractivity contribution in [2.24, 2.45) is 0 Å². The van der Waals surface area contributed by atoms with Crippen molar-refractivity contribution < 1.29 is 14.3 Å². The SMILES string of the molecule is CNC(=O)c1cccc(C2CN(C(C)=O)CCN2Cc2cccc(-c3ccccc3OC)c2)c1. The van der Waals surface area contributed by atoms with Crippen LogP contribution in [0.1, 0.15) is 34.5 Å². The van der Waals surface area contributed by atoms with Gasteiger partial charge < -0.3 is 15.0 Å². The molecule has 0 bridgehead atoms. The molecule has 1 saturated heterocycles. The number of carbonyl (C=O) groups is 2. The lowest BCUT2D eigenvalue weighted by Gasteiger charge is -2.41. The van der Waals surface area contributed by atoms with Crippen LogP contribution < -0.4 is 10.1 Å². The summed E-state index contributed by atoms with van der Waals surface area (Å²) in [5.74, 6) is 0.807. The predicted octanol–water partition coefficient (Wildman–Crippen LogP) is 4.13. The van der Waals surface area contributed by atoms with E-state index in [9.17, 15) is 9.59 Å². The molecule has 0 radical (unpaired) electrons. The molecule has 2 amide bonds. The number of amides is 2. The van der Waals surface area contributed by atoms with Crippen molar-refractivity contribution >= 4 is 11.8 Å². The number of rotatable bonds is 6. The van der Waals surface area contributed by atoms with E-state index in [4.69, 9.17) is 4.74 Å². The van der Waals surface area contributed by atoms with Gasteiger partial charge in [-0.05, 0) is 41.0 Å². The largest absolute Gasteiger partial charge is 0.496 e. The highest BCUT2D eigenvalue weighted by atomic mass is 16.5. The molecule has 1 heterocycles. The molecule has 0 saturated carbocycles. The van der Waals surface area contributed by atoms with Crippen molar-refractivity contribution in [3.05, 3.63) is 89.5 Å².